The molecule has 0 bridgehead atoms. The van der Waals surface area contributed by atoms with E-state index < -0.39 is 21.8 Å². The molecule has 8 nitrogen and oxygen atoms in total. The fraction of sp³-hybridized carbons (Fsp3) is 0.636. The predicted molar refractivity (Wildman–Crippen MR) is 118 cm³/mol. The number of amides is 2. The Morgan fingerprint density at radius 2 is 1.97 bits per heavy atom. The molecular formula is C22H30FN3O5S. The summed E-state index contributed by atoms with van der Waals surface area (Å²) in [6.45, 7) is 3.65. The third kappa shape index (κ3) is 5.00. The van der Waals surface area contributed by atoms with Gasteiger partial charge in [0.15, 0.2) is 9.84 Å². The second-order valence-corrected chi connectivity index (χ2v) is 11.1. The molecule has 3 aliphatic rings. The minimum Gasteiger partial charge on any atom is -0.450 e. The molecule has 0 radical (unpaired) electrons. The first-order valence-electron chi connectivity index (χ1n) is 11.2. The number of carbonyl (C=O) groups excluding carboxylic acids is 2. The Bertz CT molecular complexity index is 966. The molecule has 0 aliphatic carbocycles. The van der Waals surface area contributed by atoms with E-state index in [0.29, 0.717) is 48.2 Å². The first-order chi connectivity index (χ1) is 15.3. The fourth-order valence-corrected chi connectivity index (χ4v) is 6.80. The molecule has 4 rings (SSSR count). The maximum atomic E-state index is 15.0. The monoisotopic (exact) mass is 467 g/mol. The van der Waals surface area contributed by atoms with Crippen LogP contribution in [0.2, 0.25) is 0 Å². The van der Waals surface area contributed by atoms with Gasteiger partial charge < -0.3 is 20.3 Å². The maximum Gasteiger partial charge on any atom is 0.407 e. The third-order valence-corrected chi connectivity index (χ3v) is 8.68. The molecule has 2 atom stereocenters. The highest BCUT2D eigenvalue weighted by Crippen LogP contribution is 2.36. The number of benzene rings is 1. The van der Waals surface area contributed by atoms with Crippen LogP contribution in [0.5, 0.6) is 0 Å². The Labute approximate surface area is 187 Å². The Morgan fingerprint density at radius 1 is 1.25 bits per heavy atom. The smallest absolute Gasteiger partial charge is 0.407 e. The molecule has 0 saturated carbocycles. The summed E-state index contributed by atoms with van der Waals surface area (Å²) >= 11 is 0. The van der Waals surface area contributed by atoms with Crippen molar-refractivity contribution in [3.05, 3.63) is 29.6 Å². The van der Waals surface area contributed by atoms with E-state index in [1.807, 2.05) is 4.90 Å². The summed E-state index contributed by atoms with van der Waals surface area (Å²) in [6.07, 6.45) is 1.67. The van der Waals surface area contributed by atoms with Gasteiger partial charge in [0, 0.05) is 25.7 Å². The van der Waals surface area contributed by atoms with Crippen molar-refractivity contribution < 1.29 is 27.1 Å². The van der Waals surface area contributed by atoms with Crippen molar-refractivity contribution in [3.8, 4) is 0 Å². The zero-order valence-electron chi connectivity index (χ0n) is 18.2. The van der Waals surface area contributed by atoms with Gasteiger partial charge >= 0.3 is 6.09 Å². The molecule has 10 heteroatoms. The largest absolute Gasteiger partial charge is 0.450 e. The number of hydrogen-bond donors (Lipinski definition) is 2. The summed E-state index contributed by atoms with van der Waals surface area (Å²) in [5, 5.41) is 5.46. The lowest BCUT2D eigenvalue weighted by molar-refractivity contribution is -0.120. The summed E-state index contributed by atoms with van der Waals surface area (Å²) in [7, 11) is -2.82. The molecule has 3 saturated heterocycles. The quantitative estimate of drug-likeness (QED) is 0.661. The summed E-state index contributed by atoms with van der Waals surface area (Å²) < 4.78 is 42.7. The number of alkyl carbamates (subject to hydrolysis) is 1. The number of piperidine rings is 1. The van der Waals surface area contributed by atoms with Gasteiger partial charge in [-0.1, -0.05) is 6.07 Å². The number of carbonyl (C=O) groups is 2. The van der Waals surface area contributed by atoms with Crippen LogP contribution in [0, 0.1) is 17.7 Å². The van der Waals surface area contributed by atoms with Crippen molar-refractivity contribution >= 4 is 27.5 Å². The lowest BCUT2D eigenvalue weighted by Crippen LogP contribution is -2.45. The van der Waals surface area contributed by atoms with Crippen LogP contribution in [0.4, 0.5) is 14.9 Å². The van der Waals surface area contributed by atoms with E-state index in [1.165, 1.54) is 6.07 Å². The summed E-state index contributed by atoms with van der Waals surface area (Å²) in [4.78, 5) is 25.9. The highest BCUT2D eigenvalue weighted by molar-refractivity contribution is 7.92. The SMILES string of the molecule is CCOC(=O)NCC1C[C@@H](c2ccc(N3CCC(C4CS(=O)(=O)C4)CC3)c(F)c2)C(=O)N1. The van der Waals surface area contributed by atoms with Gasteiger partial charge in [0.25, 0.3) is 0 Å². The van der Waals surface area contributed by atoms with Gasteiger partial charge in [0.1, 0.15) is 5.82 Å². The minimum absolute atomic E-state index is 0.177. The van der Waals surface area contributed by atoms with Gasteiger partial charge in [0.05, 0.1) is 29.7 Å². The number of sulfone groups is 1. The standard InChI is InChI=1S/C22H30FN3O5S/c1-2-31-22(28)24-11-17-10-18(21(27)25-17)15-3-4-20(19(23)9-15)26-7-5-14(6-8-26)16-12-32(29,30)13-16/h3-4,9,14,16-18H,2,5-8,10-13H2,1H3,(H,24,28)(H,25,27)/t17?,18-/m0/s1. The van der Waals surface area contributed by atoms with Crippen LogP contribution in [-0.4, -0.2) is 64.2 Å². The van der Waals surface area contributed by atoms with E-state index in [9.17, 15) is 22.4 Å². The average molecular weight is 468 g/mol. The number of hydrogen-bond acceptors (Lipinski definition) is 6. The van der Waals surface area contributed by atoms with Crippen molar-refractivity contribution in [2.45, 2.75) is 38.1 Å². The molecule has 1 unspecified atom stereocenters. The third-order valence-electron chi connectivity index (χ3n) is 6.81. The Balaban J connectivity index is 1.32. The van der Waals surface area contributed by atoms with E-state index in [1.54, 1.807) is 19.1 Å². The summed E-state index contributed by atoms with van der Waals surface area (Å²) in [5.41, 5.74) is 1.14. The molecule has 0 spiro atoms. The predicted octanol–water partition coefficient (Wildman–Crippen LogP) is 1.80. The lowest BCUT2D eigenvalue weighted by atomic mass is 9.85. The van der Waals surface area contributed by atoms with Gasteiger partial charge in [-0.25, -0.2) is 17.6 Å². The van der Waals surface area contributed by atoms with E-state index in [0.717, 1.165) is 12.8 Å². The van der Waals surface area contributed by atoms with Crippen LogP contribution in [0.1, 0.15) is 37.7 Å². The minimum atomic E-state index is -2.82. The van der Waals surface area contributed by atoms with Crippen LogP contribution in [0.25, 0.3) is 0 Å². The molecule has 1 aromatic carbocycles. The number of halogens is 1. The van der Waals surface area contributed by atoms with Crippen molar-refractivity contribution in [3.63, 3.8) is 0 Å². The average Bonchev–Trinajstić information content (AvgIpc) is 3.11. The maximum absolute atomic E-state index is 15.0. The van der Waals surface area contributed by atoms with Gasteiger partial charge in [-0.2, -0.15) is 0 Å². The fourth-order valence-electron chi connectivity index (χ4n) is 5.05. The number of ether oxygens (including phenoxy) is 1. The Kier molecular flexibility index (Phi) is 6.60. The number of nitrogens with zero attached hydrogens (tertiary/aromatic N) is 1. The first kappa shape index (κ1) is 22.8. The molecule has 3 aliphatic heterocycles. The van der Waals surface area contributed by atoms with Gasteiger partial charge in [-0.3, -0.25) is 4.79 Å². The van der Waals surface area contributed by atoms with Crippen molar-refractivity contribution in [2.24, 2.45) is 11.8 Å². The molecular weight excluding hydrogens is 437 g/mol. The van der Waals surface area contributed by atoms with E-state index in [4.69, 9.17) is 4.74 Å². The van der Waals surface area contributed by atoms with Crippen LogP contribution >= 0.6 is 0 Å². The molecule has 2 N–H and O–H groups in total. The normalized spacial score (nSPS) is 25.8. The Morgan fingerprint density at radius 3 is 2.59 bits per heavy atom. The van der Waals surface area contributed by atoms with Crippen molar-refractivity contribution in [2.75, 3.05) is 42.6 Å². The molecule has 3 heterocycles. The van der Waals surface area contributed by atoms with Gasteiger partial charge in [0.2, 0.25) is 5.91 Å². The zero-order valence-corrected chi connectivity index (χ0v) is 19.0. The molecule has 3 fully saturated rings. The highest BCUT2D eigenvalue weighted by Gasteiger charge is 2.40. The number of nitrogens with one attached hydrogen (secondary N) is 2. The van der Waals surface area contributed by atoms with E-state index >= 15 is 0 Å². The topological polar surface area (TPSA) is 105 Å². The van der Waals surface area contributed by atoms with Crippen molar-refractivity contribution in [1.82, 2.24) is 10.6 Å². The second kappa shape index (κ2) is 9.25. The summed E-state index contributed by atoms with van der Waals surface area (Å²) in [5.74, 6) is 0.234. The molecule has 32 heavy (non-hydrogen) atoms. The molecule has 176 valence electrons. The Hall–Kier alpha value is -2.36. The highest BCUT2D eigenvalue weighted by atomic mass is 32.2. The molecule has 1 aromatic rings. The number of anilines is 1. The van der Waals surface area contributed by atoms with Crippen LogP contribution in [0.3, 0.4) is 0 Å². The van der Waals surface area contributed by atoms with Crippen LogP contribution < -0.4 is 15.5 Å². The van der Waals surface area contributed by atoms with Gasteiger partial charge in [-0.05, 0) is 55.7 Å². The number of rotatable bonds is 6. The summed E-state index contributed by atoms with van der Waals surface area (Å²) in [6, 6.07) is 4.74. The van der Waals surface area contributed by atoms with Crippen molar-refractivity contribution in [1.29, 1.82) is 0 Å². The van der Waals surface area contributed by atoms with Crippen LogP contribution in [0.15, 0.2) is 18.2 Å². The van der Waals surface area contributed by atoms with Gasteiger partial charge in [-0.15, -0.1) is 0 Å². The zero-order chi connectivity index (χ0) is 22.9. The van der Waals surface area contributed by atoms with Crippen LogP contribution in [-0.2, 0) is 19.4 Å². The lowest BCUT2D eigenvalue weighted by Gasteiger charge is -2.40. The second-order valence-electron chi connectivity index (χ2n) is 8.97. The first-order valence-corrected chi connectivity index (χ1v) is 13.0. The molecule has 0 aromatic heterocycles. The molecule has 2 amide bonds. The van der Waals surface area contributed by atoms with E-state index in [2.05, 4.69) is 10.6 Å². The van der Waals surface area contributed by atoms with E-state index in [-0.39, 0.29) is 36.8 Å².